The molecule has 0 aromatic heterocycles. The average Bonchev–Trinajstić information content (AvgIpc) is 2.27. The summed E-state index contributed by atoms with van der Waals surface area (Å²) in [6.07, 6.45) is 1.49. The Balaban J connectivity index is 2.54. The minimum atomic E-state index is 0.291. The van der Waals surface area contributed by atoms with E-state index in [1.165, 1.54) is 16.8 Å². The average molecular weight is 235 g/mol. The molecule has 4 nitrogen and oxygen atoms in total. The predicted molar refractivity (Wildman–Crippen MR) is 71.8 cm³/mol. The van der Waals surface area contributed by atoms with Crippen molar-refractivity contribution < 1.29 is 5.21 Å². The number of benzene rings is 1. The number of amidine groups is 1. The lowest BCUT2D eigenvalue weighted by Crippen LogP contribution is -2.21. The Kier molecular flexibility index (Phi) is 4.82. The maximum Gasteiger partial charge on any atom is 0.139 e. The van der Waals surface area contributed by atoms with Crippen LogP contribution < -0.4 is 10.6 Å². The summed E-state index contributed by atoms with van der Waals surface area (Å²) >= 11 is 0. The normalized spacial score (nSPS) is 11.6. The van der Waals surface area contributed by atoms with Crippen molar-refractivity contribution in [2.45, 2.75) is 26.7 Å². The van der Waals surface area contributed by atoms with E-state index >= 15 is 0 Å². The number of nitrogens with two attached hydrogens (primary N) is 1. The highest BCUT2D eigenvalue weighted by Gasteiger charge is 2.03. The lowest BCUT2D eigenvalue weighted by atomic mass is 10.1. The van der Waals surface area contributed by atoms with Gasteiger partial charge in [0.15, 0.2) is 0 Å². The smallest absolute Gasteiger partial charge is 0.139 e. The molecule has 4 heteroatoms. The Morgan fingerprint density at radius 2 is 1.88 bits per heavy atom. The van der Waals surface area contributed by atoms with Gasteiger partial charge in [-0.15, -0.1) is 0 Å². The molecule has 0 radical (unpaired) electrons. The molecule has 1 rings (SSSR count). The fourth-order valence-electron chi connectivity index (χ4n) is 1.85. The van der Waals surface area contributed by atoms with Crippen LogP contribution in [0, 0.1) is 13.8 Å². The van der Waals surface area contributed by atoms with E-state index in [0.29, 0.717) is 12.3 Å². The van der Waals surface area contributed by atoms with Crippen molar-refractivity contribution >= 4 is 11.5 Å². The zero-order chi connectivity index (χ0) is 12.8. The number of anilines is 1. The zero-order valence-corrected chi connectivity index (χ0v) is 10.8. The van der Waals surface area contributed by atoms with Gasteiger partial charge < -0.3 is 15.8 Å². The van der Waals surface area contributed by atoms with E-state index in [4.69, 9.17) is 10.9 Å². The van der Waals surface area contributed by atoms with Crippen LogP contribution in [0.5, 0.6) is 0 Å². The van der Waals surface area contributed by atoms with Gasteiger partial charge in [-0.3, -0.25) is 0 Å². The van der Waals surface area contributed by atoms with E-state index in [9.17, 15) is 0 Å². The Labute approximate surface area is 103 Å². The zero-order valence-electron chi connectivity index (χ0n) is 10.8. The van der Waals surface area contributed by atoms with Gasteiger partial charge in [0.05, 0.1) is 0 Å². The Hall–Kier alpha value is -1.71. The van der Waals surface area contributed by atoms with E-state index < -0.39 is 0 Å². The van der Waals surface area contributed by atoms with Crippen molar-refractivity contribution in [2.75, 3.05) is 18.5 Å². The highest BCUT2D eigenvalue weighted by Crippen LogP contribution is 2.17. The largest absolute Gasteiger partial charge is 0.409 e. The Bertz CT molecular complexity index is 381. The van der Waals surface area contributed by atoms with Crippen LogP contribution in [0.25, 0.3) is 0 Å². The summed E-state index contributed by atoms with van der Waals surface area (Å²) < 4.78 is 0. The molecule has 0 spiro atoms. The van der Waals surface area contributed by atoms with E-state index in [2.05, 4.69) is 49.1 Å². The van der Waals surface area contributed by atoms with E-state index in [-0.39, 0.29) is 0 Å². The summed E-state index contributed by atoms with van der Waals surface area (Å²) in [5.41, 5.74) is 9.17. The van der Waals surface area contributed by atoms with Gasteiger partial charge in [0.2, 0.25) is 0 Å². The maximum atomic E-state index is 8.44. The van der Waals surface area contributed by atoms with Crippen molar-refractivity contribution in [3.05, 3.63) is 29.3 Å². The molecule has 0 fully saturated rings. The standard InChI is InChI=1S/C13H21N3O/c1-10-7-11(2)9-12(8-10)16(3)6-4-5-13(14)15-17/h7-9,17H,4-6H2,1-3H3,(H2,14,15). The number of nitrogens with zero attached hydrogens (tertiary/aromatic N) is 2. The second-order valence-corrected chi connectivity index (χ2v) is 4.46. The van der Waals surface area contributed by atoms with Crippen molar-refractivity contribution in [3.8, 4) is 0 Å². The molecule has 0 bridgehead atoms. The highest BCUT2D eigenvalue weighted by atomic mass is 16.4. The van der Waals surface area contributed by atoms with Gasteiger partial charge in [-0.2, -0.15) is 0 Å². The monoisotopic (exact) mass is 235 g/mol. The first-order chi connectivity index (χ1) is 8.02. The molecule has 3 N–H and O–H groups in total. The second-order valence-electron chi connectivity index (χ2n) is 4.46. The van der Waals surface area contributed by atoms with Crippen molar-refractivity contribution in [1.29, 1.82) is 0 Å². The number of oxime groups is 1. The number of hydrogen-bond donors (Lipinski definition) is 2. The molecule has 0 unspecified atom stereocenters. The molecule has 1 aromatic carbocycles. The van der Waals surface area contributed by atoms with Crippen LogP contribution in [0.4, 0.5) is 5.69 Å². The summed E-state index contributed by atoms with van der Waals surface area (Å²) in [5, 5.41) is 11.4. The Morgan fingerprint density at radius 1 is 1.29 bits per heavy atom. The third-order valence-corrected chi connectivity index (χ3v) is 2.70. The first-order valence-corrected chi connectivity index (χ1v) is 5.78. The minimum absolute atomic E-state index is 0.291. The van der Waals surface area contributed by atoms with Crippen LogP contribution in [-0.2, 0) is 0 Å². The quantitative estimate of drug-likeness (QED) is 0.356. The highest BCUT2D eigenvalue weighted by molar-refractivity contribution is 5.79. The van der Waals surface area contributed by atoms with Crippen molar-refractivity contribution in [3.63, 3.8) is 0 Å². The van der Waals surface area contributed by atoms with Gasteiger partial charge in [-0.1, -0.05) is 11.2 Å². The van der Waals surface area contributed by atoms with Gasteiger partial charge >= 0.3 is 0 Å². The fourth-order valence-corrected chi connectivity index (χ4v) is 1.85. The molecular formula is C13H21N3O. The molecule has 17 heavy (non-hydrogen) atoms. The molecule has 0 atom stereocenters. The molecule has 0 saturated carbocycles. The second kappa shape index (κ2) is 6.13. The van der Waals surface area contributed by atoms with Crippen LogP contribution in [-0.4, -0.2) is 24.6 Å². The van der Waals surface area contributed by atoms with Gasteiger partial charge in [0.25, 0.3) is 0 Å². The first kappa shape index (κ1) is 13.4. The molecule has 0 saturated heterocycles. The van der Waals surface area contributed by atoms with E-state index in [1.54, 1.807) is 0 Å². The molecule has 94 valence electrons. The number of rotatable bonds is 5. The number of aryl methyl sites for hydroxylation is 2. The van der Waals surface area contributed by atoms with Crippen molar-refractivity contribution in [1.82, 2.24) is 0 Å². The van der Waals surface area contributed by atoms with Crippen LogP contribution in [0.2, 0.25) is 0 Å². The summed E-state index contributed by atoms with van der Waals surface area (Å²) in [5.74, 6) is 0.291. The van der Waals surface area contributed by atoms with E-state index in [0.717, 1.165) is 13.0 Å². The predicted octanol–water partition coefficient (Wildman–Crippen LogP) is 2.27. The van der Waals surface area contributed by atoms with Crippen LogP contribution >= 0.6 is 0 Å². The number of hydrogen-bond acceptors (Lipinski definition) is 3. The van der Waals surface area contributed by atoms with Gasteiger partial charge in [0, 0.05) is 25.7 Å². The topological polar surface area (TPSA) is 61.8 Å². The SMILES string of the molecule is Cc1cc(C)cc(N(C)CCCC(N)=NO)c1. The summed E-state index contributed by atoms with van der Waals surface area (Å²) in [6.45, 7) is 5.08. The van der Waals surface area contributed by atoms with Crippen LogP contribution in [0.15, 0.2) is 23.4 Å². The Morgan fingerprint density at radius 3 is 2.41 bits per heavy atom. The van der Waals surface area contributed by atoms with Crippen molar-refractivity contribution in [2.24, 2.45) is 10.9 Å². The lowest BCUT2D eigenvalue weighted by Gasteiger charge is -2.20. The molecule has 0 aliphatic rings. The summed E-state index contributed by atoms with van der Waals surface area (Å²) in [4.78, 5) is 2.19. The minimum Gasteiger partial charge on any atom is -0.409 e. The lowest BCUT2D eigenvalue weighted by molar-refractivity contribution is 0.316. The molecular weight excluding hydrogens is 214 g/mol. The third-order valence-electron chi connectivity index (χ3n) is 2.70. The third kappa shape index (κ3) is 4.34. The molecule has 0 aliphatic heterocycles. The molecule has 0 amide bonds. The van der Waals surface area contributed by atoms with Crippen LogP contribution in [0.3, 0.4) is 0 Å². The van der Waals surface area contributed by atoms with Crippen LogP contribution in [0.1, 0.15) is 24.0 Å². The van der Waals surface area contributed by atoms with Gasteiger partial charge in [0.1, 0.15) is 5.84 Å². The molecule has 0 heterocycles. The fraction of sp³-hybridized carbons (Fsp3) is 0.462. The first-order valence-electron chi connectivity index (χ1n) is 5.78. The van der Waals surface area contributed by atoms with Gasteiger partial charge in [-0.25, -0.2) is 0 Å². The molecule has 0 aliphatic carbocycles. The summed E-state index contributed by atoms with van der Waals surface area (Å²) in [6, 6.07) is 6.49. The van der Waals surface area contributed by atoms with E-state index in [1.807, 2.05) is 0 Å². The molecule has 1 aromatic rings. The maximum absolute atomic E-state index is 8.44. The summed E-state index contributed by atoms with van der Waals surface area (Å²) in [7, 11) is 2.06. The van der Waals surface area contributed by atoms with Gasteiger partial charge in [-0.05, 0) is 43.5 Å².